The second kappa shape index (κ2) is 12.6. The third-order valence-electron chi connectivity index (χ3n) is 4.65. The predicted octanol–water partition coefficient (Wildman–Crippen LogP) is 4.92. The number of nitrogens with one attached hydrogen (secondary N) is 1. The Kier molecular flexibility index (Phi) is 11.4. The van der Waals surface area contributed by atoms with Crippen LogP contribution in [0.25, 0.3) is 0 Å². The van der Waals surface area contributed by atoms with Gasteiger partial charge in [0, 0.05) is 13.2 Å². The van der Waals surface area contributed by atoms with Gasteiger partial charge in [0.15, 0.2) is 0 Å². The van der Waals surface area contributed by atoms with Crippen molar-refractivity contribution in [3.63, 3.8) is 0 Å². The zero-order valence-corrected chi connectivity index (χ0v) is 14.0. The summed E-state index contributed by atoms with van der Waals surface area (Å²) in [5, 5.41) is 3.60. The highest BCUT2D eigenvalue weighted by Crippen LogP contribution is 2.19. The lowest BCUT2D eigenvalue weighted by Crippen LogP contribution is -2.27. The molecule has 0 aromatic rings. The van der Waals surface area contributed by atoms with Crippen molar-refractivity contribution in [2.24, 2.45) is 5.92 Å². The van der Waals surface area contributed by atoms with Gasteiger partial charge in [-0.05, 0) is 32.2 Å². The molecule has 0 bridgehead atoms. The van der Waals surface area contributed by atoms with Gasteiger partial charge in [0.05, 0.1) is 6.10 Å². The fraction of sp³-hybridized carbons (Fsp3) is 1.00. The lowest BCUT2D eigenvalue weighted by Gasteiger charge is -2.14. The first-order chi connectivity index (χ1) is 9.84. The molecule has 120 valence electrons. The second-order valence-electron chi connectivity index (χ2n) is 6.51. The first kappa shape index (κ1) is 18.0. The van der Waals surface area contributed by atoms with Crippen LogP contribution in [0.2, 0.25) is 0 Å². The average Bonchev–Trinajstić information content (AvgIpc) is 2.85. The van der Waals surface area contributed by atoms with Crippen LogP contribution in [0.4, 0.5) is 0 Å². The van der Waals surface area contributed by atoms with Crippen LogP contribution in [0.15, 0.2) is 0 Å². The fourth-order valence-corrected chi connectivity index (χ4v) is 3.07. The highest BCUT2D eigenvalue weighted by molar-refractivity contribution is 4.74. The van der Waals surface area contributed by atoms with Gasteiger partial charge in [-0.1, -0.05) is 64.7 Å². The van der Waals surface area contributed by atoms with Gasteiger partial charge in [0.25, 0.3) is 0 Å². The van der Waals surface area contributed by atoms with Gasteiger partial charge in [-0.2, -0.15) is 0 Å². The maximum absolute atomic E-state index is 5.58. The Morgan fingerprint density at radius 2 is 1.50 bits per heavy atom. The molecule has 0 aromatic carbocycles. The van der Waals surface area contributed by atoms with Crippen molar-refractivity contribution >= 4 is 0 Å². The maximum Gasteiger partial charge on any atom is 0.0588 e. The summed E-state index contributed by atoms with van der Waals surface area (Å²) in [6, 6.07) is 0. The van der Waals surface area contributed by atoms with Crippen LogP contribution < -0.4 is 5.32 Å². The molecule has 2 atom stereocenters. The zero-order valence-electron chi connectivity index (χ0n) is 14.0. The van der Waals surface area contributed by atoms with Gasteiger partial charge in [-0.25, -0.2) is 0 Å². The Morgan fingerprint density at radius 1 is 0.900 bits per heavy atom. The summed E-state index contributed by atoms with van der Waals surface area (Å²) >= 11 is 0. The van der Waals surface area contributed by atoms with Crippen LogP contribution in [0, 0.1) is 5.92 Å². The van der Waals surface area contributed by atoms with Crippen molar-refractivity contribution in [2.75, 3.05) is 19.7 Å². The van der Waals surface area contributed by atoms with E-state index in [9.17, 15) is 0 Å². The molecule has 0 spiro atoms. The van der Waals surface area contributed by atoms with Crippen molar-refractivity contribution in [3.8, 4) is 0 Å². The van der Waals surface area contributed by atoms with Crippen molar-refractivity contribution in [1.82, 2.24) is 5.32 Å². The largest absolute Gasteiger partial charge is 0.378 e. The summed E-state index contributed by atoms with van der Waals surface area (Å²) in [5.41, 5.74) is 0. The predicted molar refractivity (Wildman–Crippen MR) is 88.2 cm³/mol. The van der Waals surface area contributed by atoms with Crippen LogP contribution in [0.3, 0.4) is 0 Å². The molecule has 0 amide bonds. The molecule has 0 radical (unpaired) electrons. The molecule has 1 saturated heterocycles. The first-order valence-corrected chi connectivity index (χ1v) is 9.17. The Labute approximate surface area is 127 Å². The van der Waals surface area contributed by atoms with Crippen molar-refractivity contribution in [3.05, 3.63) is 0 Å². The summed E-state index contributed by atoms with van der Waals surface area (Å²) < 4.78 is 5.58. The molecular weight excluding hydrogens is 246 g/mol. The Balaban J connectivity index is 1.72. The van der Waals surface area contributed by atoms with Gasteiger partial charge >= 0.3 is 0 Å². The molecule has 1 rings (SSSR count). The summed E-state index contributed by atoms with van der Waals surface area (Å²) in [5.74, 6) is 0.748. The van der Waals surface area contributed by atoms with Crippen molar-refractivity contribution < 1.29 is 4.74 Å². The molecular formula is C18H37NO. The highest BCUT2D eigenvalue weighted by atomic mass is 16.5. The number of hydrogen-bond acceptors (Lipinski definition) is 2. The monoisotopic (exact) mass is 283 g/mol. The molecule has 1 aliphatic rings. The van der Waals surface area contributed by atoms with E-state index in [0.717, 1.165) is 19.1 Å². The van der Waals surface area contributed by atoms with E-state index in [1.165, 1.54) is 77.2 Å². The third-order valence-corrected chi connectivity index (χ3v) is 4.65. The minimum absolute atomic E-state index is 0.468. The first-order valence-electron chi connectivity index (χ1n) is 9.17. The second-order valence-corrected chi connectivity index (χ2v) is 6.51. The zero-order chi connectivity index (χ0) is 14.5. The summed E-state index contributed by atoms with van der Waals surface area (Å²) in [6.45, 7) is 7.80. The molecule has 0 aromatic heterocycles. The molecule has 1 aliphatic heterocycles. The molecule has 2 heteroatoms. The summed E-state index contributed by atoms with van der Waals surface area (Å²) in [7, 11) is 0. The van der Waals surface area contributed by atoms with E-state index in [-0.39, 0.29) is 0 Å². The highest BCUT2D eigenvalue weighted by Gasteiger charge is 2.23. The number of rotatable bonds is 13. The van der Waals surface area contributed by atoms with Crippen LogP contribution in [0.1, 0.15) is 84.5 Å². The van der Waals surface area contributed by atoms with E-state index in [1.807, 2.05) is 0 Å². The Hall–Kier alpha value is -0.0800. The van der Waals surface area contributed by atoms with Crippen molar-refractivity contribution in [2.45, 2.75) is 90.6 Å². The van der Waals surface area contributed by atoms with Gasteiger partial charge in [0.2, 0.25) is 0 Å². The normalized spacial score (nSPS) is 22.5. The smallest absolute Gasteiger partial charge is 0.0588 e. The lowest BCUT2D eigenvalue weighted by molar-refractivity contribution is 0.105. The van der Waals surface area contributed by atoms with Crippen molar-refractivity contribution in [1.29, 1.82) is 0 Å². The van der Waals surface area contributed by atoms with E-state index in [4.69, 9.17) is 4.74 Å². The van der Waals surface area contributed by atoms with E-state index >= 15 is 0 Å². The van der Waals surface area contributed by atoms with Gasteiger partial charge < -0.3 is 10.1 Å². The van der Waals surface area contributed by atoms with E-state index in [0.29, 0.717) is 6.10 Å². The minimum atomic E-state index is 0.468. The van der Waals surface area contributed by atoms with Crippen LogP contribution in [0.5, 0.6) is 0 Å². The molecule has 2 nitrogen and oxygen atoms in total. The fourth-order valence-electron chi connectivity index (χ4n) is 3.07. The molecule has 20 heavy (non-hydrogen) atoms. The summed E-state index contributed by atoms with van der Waals surface area (Å²) in [4.78, 5) is 0. The average molecular weight is 283 g/mol. The Morgan fingerprint density at radius 3 is 2.05 bits per heavy atom. The molecule has 0 aliphatic carbocycles. The molecule has 0 saturated carbocycles. The van der Waals surface area contributed by atoms with E-state index < -0.39 is 0 Å². The lowest BCUT2D eigenvalue weighted by atomic mass is 10.0. The van der Waals surface area contributed by atoms with Crippen LogP contribution >= 0.6 is 0 Å². The number of hydrogen-bond donors (Lipinski definition) is 1. The van der Waals surface area contributed by atoms with E-state index in [1.54, 1.807) is 0 Å². The standard InChI is InChI=1S/C18H37NO/c1-3-4-5-6-7-8-9-10-11-12-14-19-16-18-13-15-20-17(18)2/h17-19H,3-16H2,1-2H3. The van der Waals surface area contributed by atoms with Gasteiger partial charge in [-0.15, -0.1) is 0 Å². The van der Waals surface area contributed by atoms with Crippen LogP contribution in [-0.4, -0.2) is 25.8 Å². The molecule has 1 fully saturated rings. The minimum Gasteiger partial charge on any atom is -0.378 e. The maximum atomic E-state index is 5.58. The van der Waals surface area contributed by atoms with Gasteiger partial charge in [-0.3, -0.25) is 0 Å². The third kappa shape index (κ3) is 8.97. The summed E-state index contributed by atoms with van der Waals surface area (Å²) in [6.07, 6.45) is 15.9. The SMILES string of the molecule is CCCCCCCCCCCCNCC1CCOC1C. The van der Waals surface area contributed by atoms with Gasteiger partial charge in [0.1, 0.15) is 0 Å². The molecule has 1 N–H and O–H groups in total. The Bertz CT molecular complexity index is 208. The number of ether oxygens (including phenoxy) is 1. The van der Waals surface area contributed by atoms with Crippen LogP contribution in [-0.2, 0) is 4.74 Å². The molecule has 2 unspecified atom stereocenters. The van der Waals surface area contributed by atoms with E-state index in [2.05, 4.69) is 19.2 Å². The molecule has 1 heterocycles. The quantitative estimate of drug-likeness (QED) is 0.484. The number of unbranched alkanes of at least 4 members (excludes halogenated alkanes) is 9. The topological polar surface area (TPSA) is 21.3 Å².